The van der Waals surface area contributed by atoms with Gasteiger partial charge in [0.25, 0.3) is 0 Å². The number of rotatable bonds is 3. The zero-order chi connectivity index (χ0) is 14.8. The van der Waals surface area contributed by atoms with Gasteiger partial charge in [-0.2, -0.15) is 9.97 Å². The van der Waals surface area contributed by atoms with E-state index in [9.17, 15) is 0 Å². The van der Waals surface area contributed by atoms with Gasteiger partial charge >= 0.3 is 6.01 Å². The van der Waals surface area contributed by atoms with Crippen LogP contribution in [0.2, 0.25) is 5.02 Å². The monoisotopic (exact) mass is 309 g/mol. The molecule has 2 aromatic rings. The van der Waals surface area contributed by atoms with E-state index in [1.54, 1.807) is 6.20 Å². The lowest BCUT2D eigenvalue weighted by Gasteiger charge is -2.31. The minimum atomic E-state index is 0.296. The molecule has 7 nitrogen and oxygen atoms in total. The van der Waals surface area contributed by atoms with Crippen LogP contribution in [0.5, 0.6) is 6.01 Å². The molecule has 0 amide bonds. The number of aryl methyl sites for hydroxylation is 1. The van der Waals surface area contributed by atoms with Crippen LogP contribution >= 0.6 is 11.6 Å². The molecule has 3 rings (SSSR count). The van der Waals surface area contributed by atoms with Crippen molar-refractivity contribution in [1.82, 2.24) is 20.1 Å². The summed E-state index contributed by atoms with van der Waals surface area (Å²) >= 11 is 6.18. The van der Waals surface area contributed by atoms with Crippen LogP contribution in [0.3, 0.4) is 0 Å². The molecule has 0 spiro atoms. The highest BCUT2D eigenvalue weighted by molar-refractivity contribution is 6.32. The van der Waals surface area contributed by atoms with E-state index in [1.807, 2.05) is 6.92 Å². The van der Waals surface area contributed by atoms with Crippen molar-refractivity contribution in [2.45, 2.75) is 25.7 Å². The van der Waals surface area contributed by atoms with E-state index < -0.39 is 0 Å². The molecule has 0 radical (unpaired) electrons. The molecule has 0 N–H and O–H groups in total. The Hall–Kier alpha value is -1.89. The number of piperidine rings is 1. The first-order valence-electron chi connectivity index (χ1n) is 6.79. The first-order valence-corrected chi connectivity index (χ1v) is 7.17. The Morgan fingerprint density at radius 1 is 1.33 bits per heavy atom. The molecule has 21 heavy (non-hydrogen) atoms. The summed E-state index contributed by atoms with van der Waals surface area (Å²) in [4.78, 5) is 14.8. The molecule has 8 heteroatoms. The summed E-state index contributed by atoms with van der Waals surface area (Å²) in [6, 6.07) is 0.323. The number of halogens is 1. The maximum Gasteiger partial charge on any atom is 0.318 e. The Kier molecular flexibility index (Phi) is 3.92. The molecule has 0 saturated carbocycles. The molecule has 3 heterocycles. The Morgan fingerprint density at radius 2 is 2.10 bits per heavy atom. The number of hydrogen-bond acceptors (Lipinski definition) is 7. The highest BCUT2D eigenvalue weighted by Crippen LogP contribution is 2.32. The van der Waals surface area contributed by atoms with Crippen molar-refractivity contribution in [3.05, 3.63) is 22.9 Å². The molecule has 0 unspecified atom stereocenters. The molecule has 112 valence electrons. The molecule has 2 aromatic heterocycles. The van der Waals surface area contributed by atoms with Gasteiger partial charge in [-0.25, -0.2) is 4.98 Å². The number of anilines is 1. The van der Waals surface area contributed by atoms with E-state index in [1.165, 1.54) is 7.11 Å². The summed E-state index contributed by atoms with van der Waals surface area (Å²) in [5.74, 6) is 2.41. The fraction of sp³-hybridized carbons (Fsp3) is 0.538. The van der Waals surface area contributed by atoms with Crippen LogP contribution in [-0.2, 0) is 0 Å². The van der Waals surface area contributed by atoms with Crippen molar-refractivity contribution in [2.24, 2.45) is 0 Å². The zero-order valence-corrected chi connectivity index (χ0v) is 12.7. The maximum atomic E-state index is 6.18. The Labute approximate surface area is 127 Å². The van der Waals surface area contributed by atoms with Gasteiger partial charge in [0.2, 0.25) is 5.89 Å². The van der Waals surface area contributed by atoms with Crippen molar-refractivity contribution in [2.75, 3.05) is 25.1 Å². The van der Waals surface area contributed by atoms with Gasteiger partial charge in [0, 0.05) is 19.0 Å². The highest BCUT2D eigenvalue weighted by atomic mass is 35.5. The number of aromatic nitrogens is 4. The maximum absolute atomic E-state index is 6.18. The predicted octanol–water partition coefficient (Wildman–Crippen LogP) is 2.21. The molecule has 0 bridgehead atoms. The van der Waals surface area contributed by atoms with E-state index in [0.29, 0.717) is 28.6 Å². The fourth-order valence-corrected chi connectivity index (χ4v) is 2.69. The Morgan fingerprint density at radius 3 is 2.71 bits per heavy atom. The molecule has 1 aliphatic rings. The SMILES string of the molecule is COc1ncc(Cl)c(N2CCC(c3nc(C)no3)CC2)n1. The van der Waals surface area contributed by atoms with Gasteiger partial charge in [0.05, 0.1) is 13.3 Å². The van der Waals surface area contributed by atoms with Crippen LogP contribution in [0.15, 0.2) is 10.7 Å². The van der Waals surface area contributed by atoms with Gasteiger partial charge in [-0.1, -0.05) is 16.8 Å². The lowest BCUT2D eigenvalue weighted by molar-refractivity contribution is 0.327. The van der Waals surface area contributed by atoms with Gasteiger partial charge in [-0.3, -0.25) is 0 Å². The van der Waals surface area contributed by atoms with Crippen molar-refractivity contribution in [1.29, 1.82) is 0 Å². The lowest BCUT2D eigenvalue weighted by atomic mass is 9.97. The summed E-state index contributed by atoms with van der Waals surface area (Å²) in [6.07, 6.45) is 3.41. The number of ether oxygens (including phenoxy) is 1. The Bertz CT molecular complexity index is 625. The summed E-state index contributed by atoms with van der Waals surface area (Å²) in [5.41, 5.74) is 0. The summed E-state index contributed by atoms with van der Waals surface area (Å²) < 4.78 is 10.3. The fourth-order valence-electron chi connectivity index (χ4n) is 2.48. The van der Waals surface area contributed by atoms with Crippen LogP contribution in [0.4, 0.5) is 5.82 Å². The average molecular weight is 310 g/mol. The van der Waals surface area contributed by atoms with Crippen molar-refractivity contribution in [3.8, 4) is 6.01 Å². The largest absolute Gasteiger partial charge is 0.467 e. The van der Waals surface area contributed by atoms with Gasteiger partial charge in [-0.05, 0) is 19.8 Å². The Balaban J connectivity index is 1.71. The lowest BCUT2D eigenvalue weighted by Crippen LogP contribution is -2.34. The van der Waals surface area contributed by atoms with Gasteiger partial charge in [0.15, 0.2) is 11.6 Å². The molecule has 0 aliphatic carbocycles. The van der Waals surface area contributed by atoms with Crippen LogP contribution in [-0.4, -0.2) is 40.3 Å². The van der Waals surface area contributed by atoms with E-state index >= 15 is 0 Å². The van der Waals surface area contributed by atoms with E-state index in [0.717, 1.165) is 31.8 Å². The number of methoxy groups -OCH3 is 1. The third kappa shape index (κ3) is 2.92. The second-order valence-corrected chi connectivity index (χ2v) is 5.38. The summed E-state index contributed by atoms with van der Waals surface area (Å²) in [7, 11) is 1.54. The van der Waals surface area contributed by atoms with Crippen LogP contribution < -0.4 is 9.64 Å². The minimum Gasteiger partial charge on any atom is -0.467 e. The molecule has 1 fully saturated rings. The molecule has 0 aromatic carbocycles. The van der Waals surface area contributed by atoms with E-state index in [4.69, 9.17) is 20.9 Å². The number of nitrogens with zero attached hydrogens (tertiary/aromatic N) is 5. The van der Waals surface area contributed by atoms with E-state index in [-0.39, 0.29) is 0 Å². The van der Waals surface area contributed by atoms with Crippen LogP contribution in [0.25, 0.3) is 0 Å². The molecule has 1 aliphatic heterocycles. The first kappa shape index (κ1) is 14.1. The van der Waals surface area contributed by atoms with Crippen molar-refractivity contribution in [3.63, 3.8) is 0 Å². The zero-order valence-electron chi connectivity index (χ0n) is 11.9. The van der Waals surface area contributed by atoms with Crippen molar-refractivity contribution < 1.29 is 9.26 Å². The third-order valence-electron chi connectivity index (χ3n) is 3.57. The topological polar surface area (TPSA) is 77.2 Å². The minimum absolute atomic E-state index is 0.296. The molecule has 1 saturated heterocycles. The number of hydrogen-bond donors (Lipinski definition) is 0. The van der Waals surface area contributed by atoms with Gasteiger partial charge in [0.1, 0.15) is 5.02 Å². The second-order valence-electron chi connectivity index (χ2n) is 4.97. The quantitative estimate of drug-likeness (QED) is 0.860. The van der Waals surface area contributed by atoms with Crippen LogP contribution in [0, 0.1) is 6.92 Å². The normalized spacial score (nSPS) is 16.2. The summed E-state index contributed by atoms with van der Waals surface area (Å²) in [6.45, 7) is 3.48. The molecular weight excluding hydrogens is 294 g/mol. The second kappa shape index (κ2) is 5.85. The molecular formula is C13H16ClN5O2. The molecule has 0 atom stereocenters. The van der Waals surface area contributed by atoms with Crippen molar-refractivity contribution >= 4 is 17.4 Å². The highest BCUT2D eigenvalue weighted by Gasteiger charge is 2.26. The van der Waals surface area contributed by atoms with Gasteiger partial charge in [-0.15, -0.1) is 0 Å². The van der Waals surface area contributed by atoms with E-state index in [2.05, 4.69) is 25.0 Å². The standard InChI is InChI=1S/C13H16ClN5O2/c1-8-16-12(21-18-8)9-3-5-19(6-4-9)11-10(14)7-15-13(17-11)20-2/h7,9H,3-6H2,1-2H3. The van der Waals surface area contributed by atoms with Crippen LogP contribution in [0.1, 0.15) is 30.5 Å². The van der Waals surface area contributed by atoms with Gasteiger partial charge < -0.3 is 14.2 Å². The first-order chi connectivity index (χ1) is 10.2. The summed E-state index contributed by atoms with van der Waals surface area (Å²) in [5, 5.41) is 4.38. The third-order valence-corrected chi connectivity index (χ3v) is 3.84. The average Bonchev–Trinajstić information content (AvgIpc) is 2.95. The predicted molar refractivity (Wildman–Crippen MR) is 76.8 cm³/mol. The smallest absolute Gasteiger partial charge is 0.318 e.